The van der Waals surface area contributed by atoms with Gasteiger partial charge in [0.05, 0.1) is 11.7 Å². The Morgan fingerprint density at radius 1 is 1.32 bits per heavy atom. The molecular weight excluding hydrogens is 238 g/mol. The van der Waals surface area contributed by atoms with Crippen LogP contribution in [0.5, 0.6) is 0 Å². The van der Waals surface area contributed by atoms with Crippen LogP contribution >= 0.6 is 0 Å². The van der Waals surface area contributed by atoms with Gasteiger partial charge in [0.25, 0.3) is 0 Å². The topological polar surface area (TPSA) is 39.1 Å². The molecule has 4 heteroatoms. The normalized spacial score (nSPS) is 12.9. The lowest BCUT2D eigenvalue weighted by Gasteiger charge is -2.15. The molecule has 0 bridgehead atoms. The Balaban J connectivity index is 2.39. The van der Waals surface area contributed by atoms with Crippen LogP contribution in [-0.2, 0) is 11.2 Å². The molecular formula is C15H29N3O. The van der Waals surface area contributed by atoms with Gasteiger partial charge in [0, 0.05) is 25.5 Å². The maximum absolute atomic E-state index is 5.32. The molecule has 0 aliphatic heterocycles. The third-order valence-electron chi connectivity index (χ3n) is 3.53. The number of rotatable bonds is 9. The molecule has 0 aliphatic carbocycles. The molecule has 4 nitrogen and oxygen atoms in total. The van der Waals surface area contributed by atoms with Crippen LogP contribution in [0.3, 0.4) is 0 Å². The third-order valence-corrected chi connectivity index (χ3v) is 3.53. The van der Waals surface area contributed by atoms with Crippen molar-refractivity contribution in [2.24, 2.45) is 0 Å². The molecule has 1 N–H and O–H groups in total. The van der Waals surface area contributed by atoms with Crippen LogP contribution in [0.4, 0.5) is 0 Å². The number of nitrogens with zero attached hydrogens (tertiary/aromatic N) is 2. The Morgan fingerprint density at radius 2 is 2.05 bits per heavy atom. The van der Waals surface area contributed by atoms with Crippen LogP contribution in [0.15, 0.2) is 0 Å². The van der Waals surface area contributed by atoms with E-state index in [0.717, 1.165) is 39.1 Å². The average molecular weight is 267 g/mol. The van der Waals surface area contributed by atoms with Gasteiger partial charge in [-0.1, -0.05) is 6.92 Å². The van der Waals surface area contributed by atoms with Crippen molar-refractivity contribution in [3.05, 3.63) is 17.0 Å². The van der Waals surface area contributed by atoms with E-state index in [-0.39, 0.29) is 0 Å². The second kappa shape index (κ2) is 8.33. The van der Waals surface area contributed by atoms with Crippen LogP contribution in [0, 0.1) is 13.8 Å². The smallest absolute Gasteiger partial charge is 0.0628 e. The quantitative estimate of drug-likeness (QED) is 0.699. The van der Waals surface area contributed by atoms with E-state index in [1.165, 1.54) is 17.0 Å². The highest BCUT2D eigenvalue weighted by atomic mass is 16.5. The van der Waals surface area contributed by atoms with E-state index in [9.17, 15) is 0 Å². The predicted octanol–water partition coefficient (Wildman–Crippen LogP) is 2.64. The van der Waals surface area contributed by atoms with E-state index in [2.05, 4.69) is 42.8 Å². The van der Waals surface area contributed by atoms with Crippen molar-refractivity contribution in [1.29, 1.82) is 0 Å². The first-order valence-electron chi connectivity index (χ1n) is 7.44. The molecule has 1 atom stereocenters. The van der Waals surface area contributed by atoms with Crippen molar-refractivity contribution in [2.45, 2.75) is 53.5 Å². The van der Waals surface area contributed by atoms with Crippen molar-refractivity contribution in [2.75, 3.05) is 26.3 Å². The number of hydrogen-bond acceptors (Lipinski definition) is 3. The van der Waals surface area contributed by atoms with Gasteiger partial charge in [-0.25, -0.2) is 0 Å². The van der Waals surface area contributed by atoms with Crippen molar-refractivity contribution >= 4 is 0 Å². The molecule has 0 amide bonds. The van der Waals surface area contributed by atoms with E-state index in [1.807, 2.05) is 6.92 Å². The van der Waals surface area contributed by atoms with E-state index in [0.29, 0.717) is 6.04 Å². The molecule has 1 rings (SSSR count). The number of aryl methyl sites for hydroxylation is 1. The SMILES string of the molecule is CCOCCCNCC(C)n1nc(C)c(CC)c1C. The zero-order chi connectivity index (χ0) is 14.3. The molecule has 1 unspecified atom stereocenters. The third kappa shape index (κ3) is 4.62. The fourth-order valence-corrected chi connectivity index (χ4v) is 2.48. The van der Waals surface area contributed by atoms with Gasteiger partial charge < -0.3 is 10.1 Å². The number of hydrogen-bond donors (Lipinski definition) is 1. The van der Waals surface area contributed by atoms with Crippen LogP contribution in [-0.4, -0.2) is 36.1 Å². The van der Waals surface area contributed by atoms with Crippen molar-refractivity contribution in [1.82, 2.24) is 15.1 Å². The molecule has 110 valence electrons. The summed E-state index contributed by atoms with van der Waals surface area (Å²) in [4.78, 5) is 0. The maximum atomic E-state index is 5.32. The first-order valence-corrected chi connectivity index (χ1v) is 7.44. The summed E-state index contributed by atoms with van der Waals surface area (Å²) in [7, 11) is 0. The van der Waals surface area contributed by atoms with E-state index in [1.54, 1.807) is 0 Å². The molecule has 1 aromatic rings. The van der Waals surface area contributed by atoms with Crippen LogP contribution in [0.2, 0.25) is 0 Å². The van der Waals surface area contributed by atoms with Crippen LogP contribution < -0.4 is 5.32 Å². The highest BCUT2D eigenvalue weighted by Gasteiger charge is 2.13. The number of ether oxygens (including phenoxy) is 1. The lowest BCUT2D eigenvalue weighted by molar-refractivity contribution is 0.144. The van der Waals surface area contributed by atoms with Gasteiger partial charge >= 0.3 is 0 Å². The summed E-state index contributed by atoms with van der Waals surface area (Å²) >= 11 is 0. The van der Waals surface area contributed by atoms with Gasteiger partial charge in [0.15, 0.2) is 0 Å². The molecule has 0 saturated heterocycles. The van der Waals surface area contributed by atoms with Gasteiger partial charge in [-0.15, -0.1) is 0 Å². The number of aromatic nitrogens is 2. The summed E-state index contributed by atoms with van der Waals surface area (Å²) in [6.45, 7) is 14.3. The molecule has 1 heterocycles. The predicted molar refractivity (Wildman–Crippen MR) is 79.8 cm³/mol. The van der Waals surface area contributed by atoms with Gasteiger partial charge in [-0.2, -0.15) is 5.10 Å². The Labute approximate surface area is 117 Å². The molecule has 1 aromatic heterocycles. The minimum absolute atomic E-state index is 0.395. The lowest BCUT2D eigenvalue weighted by Crippen LogP contribution is -2.26. The zero-order valence-electron chi connectivity index (χ0n) is 13.1. The van der Waals surface area contributed by atoms with Crippen LogP contribution in [0.1, 0.15) is 50.2 Å². The standard InChI is InChI=1S/C15H29N3O/c1-6-15-13(4)17-18(14(15)5)12(3)11-16-9-8-10-19-7-2/h12,16H,6-11H2,1-5H3. The van der Waals surface area contributed by atoms with Crippen LogP contribution in [0.25, 0.3) is 0 Å². The minimum atomic E-state index is 0.395. The van der Waals surface area contributed by atoms with Crippen molar-refractivity contribution in [3.63, 3.8) is 0 Å². The van der Waals surface area contributed by atoms with Crippen molar-refractivity contribution in [3.8, 4) is 0 Å². The summed E-state index contributed by atoms with van der Waals surface area (Å²) in [5.74, 6) is 0. The number of nitrogens with one attached hydrogen (secondary N) is 1. The lowest BCUT2D eigenvalue weighted by atomic mass is 10.1. The highest BCUT2D eigenvalue weighted by molar-refractivity contribution is 5.24. The molecule has 0 spiro atoms. The second-order valence-corrected chi connectivity index (χ2v) is 5.05. The Bertz CT molecular complexity index is 374. The van der Waals surface area contributed by atoms with Gasteiger partial charge in [-0.3, -0.25) is 4.68 Å². The summed E-state index contributed by atoms with van der Waals surface area (Å²) in [5, 5.41) is 8.14. The van der Waals surface area contributed by atoms with Gasteiger partial charge in [-0.05, 0) is 52.6 Å². The molecule has 19 heavy (non-hydrogen) atoms. The van der Waals surface area contributed by atoms with Gasteiger partial charge in [0.2, 0.25) is 0 Å². The monoisotopic (exact) mass is 267 g/mol. The van der Waals surface area contributed by atoms with Crippen molar-refractivity contribution < 1.29 is 4.74 Å². The Kier molecular flexibility index (Phi) is 7.10. The summed E-state index contributed by atoms with van der Waals surface area (Å²) < 4.78 is 7.48. The second-order valence-electron chi connectivity index (χ2n) is 5.05. The summed E-state index contributed by atoms with van der Waals surface area (Å²) in [6, 6.07) is 0.395. The minimum Gasteiger partial charge on any atom is -0.382 e. The molecule has 0 fully saturated rings. The highest BCUT2D eigenvalue weighted by Crippen LogP contribution is 2.17. The van der Waals surface area contributed by atoms with E-state index >= 15 is 0 Å². The molecule has 0 saturated carbocycles. The van der Waals surface area contributed by atoms with E-state index in [4.69, 9.17) is 4.74 Å². The first-order chi connectivity index (χ1) is 9.11. The molecule has 0 radical (unpaired) electrons. The summed E-state index contributed by atoms with van der Waals surface area (Å²) in [5.41, 5.74) is 3.87. The Hall–Kier alpha value is -0.870. The summed E-state index contributed by atoms with van der Waals surface area (Å²) in [6.07, 6.45) is 2.13. The fourth-order valence-electron chi connectivity index (χ4n) is 2.48. The van der Waals surface area contributed by atoms with E-state index < -0.39 is 0 Å². The zero-order valence-corrected chi connectivity index (χ0v) is 13.1. The first kappa shape index (κ1) is 16.2. The maximum Gasteiger partial charge on any atom is 0.0628 e. The van der Waals surface area contributed by atoms with Gasteiger partial charge in [0.1, 0.15) is 0 Å². The Morgan fingerprint density at radius 3 is 2.63 bits per heavy atom. The molecule has 0 aliphatic rings. The molecule has 0 aromatic carbocycles. The average Bonchev–Trinajstić information content (AvgIpc) is 2.68. The largest absolute Gasteiger partial charge is 0.382 e. The fraction of sp³-hybridized carbons (Fsp3) is 0.800.